The summed E-state index contributed by atoms with van der Waals surface area (Å²) in [5.74, 6) is 0.00665. The van der Waals surface area contributed by atoms with Crippen molar-refractivity contribution in [1.29, 1.82) is 0 Å². The molecule has 0 unspecified atom stereocenters. The van der Waals surface area contributed by atoms with Crippen molar-refractivity contribution in [3.63, 3.8) is 0 Å². The zero-order valence-electron chi connectivity index (χ0n) is 13.4. The van der Waals surface area contributed by atoms with Gasteiger partial charge in [0.15, 0.2) is 5.13 Å². The average Bonchev–Trinajstić information content (AvgIpc) is 3.09. The van der Waals surface area contributed by atoms with Crippen molar-refractivity contribution in [2.24, 2.45) is 0 Å². The summed E-state index contributed by atoms with van der Waals surface area (Å²) in [6.07, 6.45) is 1.87. The highest BCUT2D eigenvalue weighted by atomic mass is 32.1. The van der Waals surface area contributed by atoms with E-state index in [4.69, 9.17) is 0 Å². The Morgan fingerprint density at radius 1 is 1.17 bits per heavy atom. The van der Waals surface area contributed by atoms with Crippen LogP contribution in [0.3, 0.4) is 0 Å². The Kier molecular flexibility index (Phi) is 5.25. The lowest BCUT2D eigenvalue weighted by Crippen LogP contribution is -2.45. The van der Waals surface area contributed by atoms with Crippen LogP contribution in [-0.4, -0.2) is 42.0 Å². The summed E-state index contributed by atoms with van der Waals surface area (Å²) in [7, 11) is 0. The minimum Gasteiger partial charge on any atom is -0.352 e. The Bertz CT molecular complexity index is 619. The minimum atomic E-state index is 0.00665. The summed E-state index contributed by atoms with van der Waals surface area (Å²) in [5, 5.41) is 5.98. The maximum absolute atomic E-state index is 10.9. The molecular formula is C17H22N4OS. The number of hydrogen-bond acceptors (Lipinski definition) is 5. The van der Waals surface area contributed by atoms with E-state index < -0.39 is 0 Å². The molecule has 122 valence electrons. The zero-order chi connectivity index (χ0) is 16.1. The van der Waals surface area contributed by atoms with Gasteiger partial charge in [-0.15, -0.1) is 11.3 Å². The summed E-state index contributed by atoms with van der Waals surface area (Å²) in [6, 6.07) is 8.50. The van der Waals surface area contributed by atoms with Crippen molar-refractivity contribution < 1.29 is 4.79 Å². The van der Waals surface area contributed by atoms with Crippen LogP contribution in [0.25, 0.3) is 0 Å². The van der Waals surface area contributed by atoms with E-state index in [0.29, 0.717) is 6.54 Å². The first kappa shape index (κ1) is 16.0. The summed E-state index contributed by atoms with van der Waals surface area (Å²) in [4.78, 5) is 20.2. The van der Waals surface area contributed by atoms with Gasteiger partial charge < -0.3 is 10.2 Å². The van der Waals surface area contributed by atoms with Crippen molar-refractivity contribution in [1.82, 2.24) is 15.2 Å². The van der Waals surface area contributed by atoms with E-state index in [1.807, 2.05) is 11.6 Å². The van der Waals surface area contributed by atoms with Gasteiger partial charge in [-0.1, -0.05) is 24.3 Å². The number of thiazole rings is 1. The van der Waals surface area contributed by atoms with Crippen molar-refractivity contribution >= 4 is 22.4 Å². The molecule has 3 rings (SSSR count). The van der Waals surface area contributed by atoms with Crippen LogP contribution in [0, 0.1) is 0 Å². The highest BCUT2D eigenvalue weighted by Crippen LogP contribution is 2.19. The summed E-state index contributed by atoms with van der Waals surface area (Å²) < 4.78 is 0. The molecule has 0 spiro atoms. The van der Waals surface area contributed by atoms with Crippen LogP contribution in [0.5, 0.6) is 0 Å². The number of nitrogens with one attached hydrogen (secondary N) is 1. The van der Waals surface area contributed by atoms with Gasteiger partial charge in [0.05, 0.1) is 0 Å². The molecule has 1 aromatic heterocycles. The maximum Gasteiger partial charge on any atom is 0.217 e. The maximum atomic E-state index is 10.9. The fourth-order valence-electron chi connectivity index (χ4n) is 2.72. The Morgan fingerprint density at radius 2 is 1.87 bits per heavy atom. The molecule has 1 aliphatic heterocycles. The van der Waals surface area contributed by atoms with Gasteiger partial charge in [-0.25, -0.2) is 4.98 Å². The molecular weight excluding hydrogens is 308 g/mol. The van der Waals surface area contributed by atoms with Gasteiger partial charge >= 0.3 is 0 Å². The number of amides is 1. The average molecular weight is 330 g/mol. The molecule has 1 aliphatic rings. The molecule has 0 atom stereocenters. The summed E-state index contributed by atoms with van der Waals surface area (Å²) >= 11 is 1.71. The van der Waals surface area contributed by atoms with Crippen LogP contribution in [0.1, 0.15) is 18.1 Å². The number of aromatic nitrogens is 1. The lowest BCUT2D eigenvalue weighted by atomic mass is 10.1. The molecule has 0 bridgehead atoms. The van der Waals surface area contributed by atoms with Gasteiger partial charge in [0.1, 0.15) is 0 Å². The first-order chi connectivity index (χ1) is 11.2. The SMILES string of the molecule is CC(=O)NCc1ccc(CN2CCN(c3nccs3)CC2)cc1. The molecule has 1 N–H and O–H groups in total. The predicted octanol–water partition coefficient (Wildman–Crippen LogP) is 2.10. The minimum absolute atomic E-state index is 0.00665. The van der Waals surface area contributed by atoms with E-state index in [-0.39, 0.29) is 5.91 Å². The smallest absolute Gasteiger partial charge is 0.217 e. The number of anilines is 1. The van der Waals surface area contributed by atoms with E-state index in [9.17, 15) is 4.79 Å². The van der Waals surface area contributed by atoms with Gasteiger partial charge in [0, 0.05) is 57.8 Å². The second kappa shape index (κ2) is 7.57. The van der Waals surface area contributed by atoms with E-state index in [0.717, 1.165) is 43.4 Å². The first-order valence-corrected chi connectivity index (χ1v) is 8.78. The molecule has 1 saturated heterocycles. The number of carbonyl (C=O) groups is 1. The van der Waals surface area contributed by atoms with Crippen LogP contribution >= 0.6 is 11.3 Å². The van der Waals surface area contributed by atoms with Gasteiger partial charge in [0.25, 0.3) is 0 Å². The second-order valence-corrected chi connectivity index (χ2v) is 6.68. The molecule has 1 fully saturated rings. The van der Waals surface area contributed by atoms with Gasteiger partial charge in [0.2, 0.25) is 5.91 Å². The molecule has 5 nitrogen and oxygen atoms in total. The molecule has 2 aromatic rings. The van der Waals surface area contributed by atoms with E-state index in [2.05, 4.69) is 44.4 Å². The van der Waals surface area contributed by atoms with Crippen LogP contribution in [0.2, 0.25) is 0 Å². The second-order valence-electron chi connectivity index (χ2n) is 5.80. The van der Waals surface area contributed by atoms with Crippen molar-refractivity contribution in [3.05, 3.63) is 47.0 Å². The van der Waals surface area contributed by atoms with E-state index in [1.54, 1.807) is 18.3 Å². The molecule has 23 heavy (non-hydrogen) atoms. The third-order valence-corrected chi connectivity index (χ3v) is 4.86. The Labute approximate surface area is 140 Å². The molecule has 0 radical (unpaired) electrons. The van der Waals surface area contributed by atoms with E-state index >= 15 is 0 Å². The third kappa shape index (κ3) is 4.53. The summed E-state index contributed by atoms with van der Waals surface area (Å²) in [6.45, 7) is 7.32. The third-order valence-electron chi connectivity index (χ3n) is 4.03. The number of piperazine rings is 1. The van der Waals surface area contributed by atoms with Crippen molar-refractivity contribution in [2.75, 3.05) is 31.1 Å². The topological polar surface area (TPSA) is 48.5 Å². The van der Waals surface area contributed by atoms with Crippen LogP contribution in [-0.2, 0) is 17.9 Å². The predicted molar refractivity (Wildman–Crippen MR) is 93.6 cm³/mol. The highest BCUT2D eigenvalue weighted by molar-refractivity contribution is 7.13. The lowest BCUT2D eigenvalue weighted by Gasteiger charge is -2.34. The first-order valence-electron chi connectivity index (χ1n) is 7.90. The van der Waals surface area contributed by atoms with Crippen LogP contribution in [0.4, 0.5) is 5.13 Å². The number of rotatable bonds is 5. The molecule has 6 heteroatoms. The van der Waals surface area contributed by atoms with Crippen molar-refractivity contribution in [3.8, 4) is 0 Å². The fourth-order valence-corrected chi connectivity index (χ4v) is 3.41. The molecule has 0 saturated carbocycles. The Balaban J connectivity index is 1.47. The highest BCUT2D eigenvalue weighted by Gasteiger charge is 2.18. The van der Waals surface area contributed by atoms with Crippen LogP contribution in [0.15, 0.2) is 35.8 Å². The molecule has 2 heterocycles. The molecule has 1 amide bonds. The van der Waals surface area contributed by atoms with E-state index in [1.165, 1.54) is 5.56 Å². The normalized spacial score (nSPS) is 15.6. The lowest BCUT2D eigenvalue weighted by molar-refractivity contribution is -0.119. The van der Waals surface area contributed by atoms with Gasteiger partial charge in [-0.05, 0) is 11.1 Å². The Hall–Kier alpha value is -1.92. The zero-order valence-corrected chi connectivity index (χ0v) is 14.2. The monoisotopic (exact) mass is 330 g/mol. The quantitative estimate of drug-likeness (QED) is 0.912. The number of hydrogen-bond donors (Lipinski definition) is 1. The molecule has 1 aromatic carbocycles. The molecule has 0 aliphatic carbocycles. The largest absolute Gasteiger partial charge is 0.352 e. The van der Waals surface area contributed by atoms with Gasteiger partial charge in [-0.2, -0.15) is 0 Å². The number of carbonyl (C=O) groups excluding carboxylic acids is 1. The Morgan fingerprint density at radius 3 is 2.48 bits per heavy atom. The van der Waals surface area contributed by atoms with Gasteiger partial charge in [-0.3, -0.25) is 9.69 Å². The standard InChI is InChI=1S/C17H22N4OS/c1-14(22)19-12-15-2-4-16(5-3-15)13-20-7-9-21(10-8-20)17-18-6-11-23-17/h2-6,11H,7-10,12-13H2,1H3,(H,19,22). The van der Waals surface area contributed by atoms with Crippen molar-refractivity contribution in [2.45, 2.75) is 20.0 Å². The van der Waals surface area contributed by atoms with Crippen LogP contribution < -0.4 is 10.2 Å². The fraction of sp³-hybridized carbons (Fsp3) is 0.412. The number of benzene rings is 1. The summed E-state index contributed by atoms with van der Waals surface area (Å²) in [5.41, 5.74) is 2.46. The number of nitrogens with zero attached hydrogens (tertiary/aromatic N) is 3.